The van der Waals surface area contributed by atoms with E-state index in [-0.39, 0.29) is 29.6 Å². The summed E-state index contributed by atoms with van der Waals surface area (Å²) >= 11 is 0. The lowest BCUT2D eigenvalue weighted by molar-refractivity contribution is -0.385. The fourth-order valence-corrected chi connectivity index (χ4v) is 3.79. The van der Waals surface area contributed by atoms with Crippen LogP contribution in [0.5, 0.6) is 5.75 Å². The van der Waals surface area contributed by atoms with E-state index < -0.39 is 27.4 Å². The smallest absolute Gasteiger partial charge is 0.274 e. The highest BCUT2D eigenvalue weighted by Crippen LogP contribution is 2.29. The van der Waals surface area contributed by atoms with E-state index in [9.17, 15) is 23.3 Å². The number of ether oxygens (including phenoxy) is 1. The predicted molar refractivity (Wildman–Crippen MR) is 114 cm³/mol. The number of rotatable bonds is 9. The van der Waals surface area contributed by atoms with E-state index >= 15 is 0 Å². The highest BCUT2D eigenvalue weighted by Gasteiger charge is 2.26. The van der Waals surface area contributed by atoms with Crippen LogP contribution in [-0.4, -0.2) is 44.7 Å². The molecule has 0 heterocycles. The number of nitro groups is 1. The Morgan fingerprint density at radius 1 is 1.20 bits per heavy atom. The third-order valence-electron chi connectivity index (χ3n) is 4.42. The minimum atomic E-state index is -3.86. The lowest BCUT2D eigenvalue weighted by atomic mass is 10.1. The summed E-state index contributed by atoms with van der Waals surface area (Å²) in [7, 11) is -3.86. The van der Waals surface area contributed by atoms with E-state index in [0.717, 1.165) is 16.1 Å². The van der Waals surface area contributed by atoms with Crippen LogP contribution >= 0.6 is 0 Å². The number of anilines is 1. The van der Waals surface area contributed by atoms with Gasteiger partial charge in [-0.05, 0) is 38.5 Å². The van der Waals surface area contributed by atoms with Crippen molar-refractivity contribution in [2.45, 2.75) is 26.8 Å². The number of nitro benzene ring substituents is 1. The average Bonchev–Trinajstić information content (AvgIpc) is 2.65. The van der Waals surface area contributed by atoms with Crippen LogP contribution in [-0.2, 0) is 14.8 Å². The first-order valence-electron chi connectivity index (χ1n) is 9.20. The lowest BCUT2D eigenvalue weighted by Gasteiger charge is -2.24. The number of hydrogen-bond donors (Lipinski definition) is 1. The average molecular weight is 436 g/mol. The predicted octanol–water partition coefficient (Wildman–Crippen LogP) is 2.56. The van der Waals surface area contributed by atoms with Gasteiger partial charge in [-0.15, -0.1) is 0 Å². The molecular weight excluding hydrogens is 410 g/mol. The van der Waals surface area contributed by atoms with Crippen molar-refractivity contribution >= 4 is 27.3 Å². The molecule has 0 aliphatic rings. The van der Waals surface area contributed by atoms with Crippen molar-refractivity contribution in [3.05, 3.63) is 63.7 Å². The second kappa shape index (κ2) is 9.57. The normalized spacial score (nSPS) is 12.1. The molecule has 0 aromatic heterocycles. The molecule has 0 bridgehead atoms. The molecule has 10 heteroatoms. The van der Waals surface area contributed by atoms with Crippen LogP contribution in [0, 0.1) is 24.0 Å². The second-order valence-electron chi connectivity index (χ2n) is 6.99. The third kappa shape index (κ3) is 5.93. The van der Waals surface area contributed by atoms with E-state index in [0.29, 0.717) is 5.75 Å². The Morgan fingerprint density at radius 3 is 2.47 bits per heavy atom. The summed E-state index contributed by atoms with van der Waals surface area (Å²) in [6.45, 7) is 4.78. The fraction of sp³-hybridized carbons (Fsp3) is 0.350. The van der Waals surface area contributed by atoms with Gasteiger partial charge in [0.2, 0.25) is 15.9 Å². The van der Waals surface area contributed by atoms with E-state index in [1.165, 1.54) is 25.1 Å². The fourth-order valence-electron chi connectivity index (χ4n) is 2.89. The molecule has 2 aromatic rings. The number of hydrogen-bond acceptors (Lipinski definition) is 6. The third-order valence-corrected chi connectivity index (χ3v) is 5.55. The summed E-state index contributed by atoms with van der Waals surface area (Å²) in [4.78, 5) is 23.1. The Morgan fingerprint density at radius 2 is 1.87 bits per heavy atom. The van der Waals surface area contributed by atoms with E-state index in [4.69, 9.17) is 4.74 Å². The van der Waals surface area contributed by atoms with Crippen molar-refractivity contribution < 1.29 is 22.9 Å². The molecule has 1 atom stereocenters. The molecule has 1 N–H and O–H groups in total. The van der Waals surface area contributed by atoms with Crippen LogP contribution in [0.15, 0.2) is 42.5 Å². The number of nitrogens with zero attached hydrogens (tertiary/aromatic N) is 2. The number of sulfonamides is 1. The zero-order valence-corrected chi connectivity index (χ0v) is 18.1. The van der Waals surface area contributed by atoms with Gasteiger partial charge in [0.15, 0.2) is 0 Å². The molecule has 0 fully saturated rings. The second-order valence-corrected chi connectivity index (χ2v) is 8.90. The summed E-state index contributed by atoms with van der Waals surface area (Å²) in [5.41, 5.74) is 0.990. The molecule has 30 heavy (non-hydrogen) atoms. The van der Waals surface area contributed by atoms with Gasteiger partial charge in [0.25, 0.3) is 5.69 Å². The number of benzene rings is 2. The van der Waals surface area contributed by atoms with Crippen molar-refractivity contribution in [1.82, 2.24) is 5.32 Å². The Labute approximate surface area is 175 Å². The van der Waals surface area contributed by atoms with Crippen molar-refractivity contribution in [3.63, 3.8) is 0 Å². The van der Waals surface area contributed by atoms with E-state index in [1.54, 1.807) is 6.92 Å². The maximum atomic E-state index is 12.5. The summed E-state index contributed by atoms with van der Waals surface area (Å²) in [6, 6.07) is 11.2. The zero-order chi connectivity index (χ0) is 22.5. The maximum Gasteiger partial charge on any atom is 0.274 e. The van der Waals surface area contributed by atoms with Gasteiger partial charge in [-0.3, -0.25) is 19.2 Å². The van der Waals surface area contributed by atoms with Crippen LogP contribution in [0.1, 0.15) is 18.1 Å². The van der Waals surface area contributed by atoms with E-state index in [2.05, 4.69) is 5.32 Å². The van der Waals surface area contributed by atoms with E-state index in [1.807, 2.05) is 31.2 Å². The van der Waals surface area contributed by atoms with Crippen molar-refractivity contribution in [1.29, 1.82) is 0 Å². The Kier molecular flexibility index (Phi) is 7.38. The van der Waals surface area contributed by atoms with Gasteiger partial charge < -0.3 is 10.1 Å². The molecular formula is C20H25N3O6S. The first-order valence-corrected chi connectivity index (χ1v) is 11.0. The molecule has 0 spiro atoms. The van der Waals surface area contributed by atoms with Crippen LogP contribution in [0.25, 0.3) is 0 Å². The van der Waals surface area contributed by atoms with Gasteiger partial charge in [0, 0.05) is 6.07 Å². The molecule has 1 amide bonds. The summed E-state index contributed by atoms with van der Waals surface area (Å²) in [5.74, 6) is 0.149. The minimum absolute atomic E-state index is 0.0886. The number of amides is 1. The molecule has 2 aromatic carbocycles. The number of carbonyl (C=O) groups is 1. The number of nitrogens with one attached hydrogen (secondary N) is 1. The van der Waals surface area contributed by atoms with Crippen molar-refractivity contribution in [2.24, 2.45) is 0 Å². The number of aryl methyl sites for hydroxylation is 1. The first-order chi connectivity index (χ1) is 14.0. The molecule has 0 aliphatic carbocycles. The van der Waals surface area contributed by atoms with Gasteiger partial charge >= 0.3 is 0 Å². The molecule has 162 valence electrons. The molecule has 9 nitrogen and oxygen atoms in total. The zero-order valence-electron chi connectivity index (χ0n) is 17.3. The molecule has 2 rings (SSSR count). The largest absolute Gasteiger partial charge is 0.491 e. The van der Waals surface area contributed by atoms with Crippen LogP contribution in [0.4, 0.5) is 11.4 Å². The lowest BCUT2D eigenvalue weighted by Crippen LogP contribution is -2.45. The topological polar surface area (TPSA) is 119 Å². The summed E-state index contributed by atoms with van der Waals surface area (Å²) in [6.07, 6.45) is 0.948. The molecule has 0 saturated carbocycles. The summed E-state index contributed by atoms with van der Waals surface area (Å²) < 4.78 is 31.1. The first kappa shape index (κ1) is 23.1. The van der Waals surface area contributed by atoms with Gasteiger partial charge in [-0.1, -0.05) is 24.3 Å². The standard InChI is InChI=1S/C20H25N3O6S/c1-14-8-5-6-11-19(14)29-13-15(2)21-20(24)12-22(30(4,27)28)17-9-7-10-18(16(17)3)23(25)26/h5-11,15H,12-13H2,1-4H3,(H,21,24). The Hall–Kier alpha value is -3.14. The quantitative estimate of drug-likeness (QED) is 0.478. The Balaban J connectivity index is 2.10. The van der Waals surface area contributed by atoms with Crippen LogP contribution in [0.3, 0.4) is 0 Å². The van der Waals surface area contributed by atoms with Gasteiger partial charge in [0.05, 0.1) is 28.5 Å². The molecule has 0 aliphatic heterocycles. The van der Waals surface area contributed by atoms with Crippen molar-refractivity contribution in [2.75, 3.05) is 23.7 Å². The van der Waals surface area contributed by atoms with Gasteiger partial charge in [-0.25, -0.2) is 8.42 Å². The van der Waals surface area contributed by atoms with Crippen LogP contribution < -0.4 is 14.4 Å². The Bertz CT molecular complexity index is 1040. The van der Waals surface area contributed by atoms with Crippen LogP contribution in [0.2, 0.25) is 0 Å². The number of para-hydroxylation sites is 1. The SMILES string of the molecule is Cc1ccccc1OCC(C)NC(=O)CN(c1cccc([N+](=O)[O-])c1C)S(C)(=O)=O. The molecule has 1 unspecified atom stereocenters. The highest BCUT2D eigenvalue weighted by atomic mass is 32.2. The molecule has 0 saturated heterocycles. The van der Waals surface area contributed by atoms with Crippen molar-refractivity contribution in [3.8, 4) is 5.75 Å². The van der Waals surface area contributed by atoms with Gasteiger partial charge in [-0.2, -0.15) is 0 Å². The summed E-state index contributed by atoms with van der Waals surface area (Å²) in [5, 5.41) is 13.9. The maximum absolute atomic E-state index is 12.5. The molecule has 0 radical (unpaired) electrons. The highest BCUT2D eigenvalue weighted by molar-refractivity contribution is 7.92. The van der Waals surface area contributed by atoms with Gasteiger partial charge in [0.1, 0.15) is 18.9 Å². The monoisotopic (exact) mass is 435 g/mol. The minimum Gasteiger partial charge on any atom is -0.491 e. The number of carbonyl (C=O) groups excluding carboxylic acids is 1.